The number of hydrogen-bond donors (Lipinski definition) is 0. The molecule has 0 atom stereocenters. The van der Waals surface area contributed by atoms with Crippen LogP contribution in [0.4, 0.5) is 0 Å². The molecule has 2 aromatic carbocycles. The highest BCUT2D eigenvalue weighted by Gasteiger charge is 2.20. The van der Waals surface area contributed by atoms with Gasteiger partial charge in [-0.2, -0.15) is 0 Å². The normalized spacial score (nSPS) is 19.5. The van der Waals surface area contributed by atoms with Crippen LogP contribution < -0.4 is 4.74 Å². The number of halogens is 1. The Bertz CT molecular complexity index is 669. The van der Waals surface area contributed by atoms with Crippen LogP contribution in [-0.4, -0.2) is 12.5 Å². The topological polar surface area (TPSA) is 9.23 Å². The zero-order valence-corrected chi connectivity index (χ0v) is 18.1. The minimum absolute atomic E-state index is 0.804. The lowest BCUT2D eigenvalue weighted by Gasteiger charge is -2.28. The molecule has 3 rings (SSSR count). The highest BCUT2D eigenvalue weighted by Crippen LogP contribution is 2.33. The van der Waals surface area contributed by atoms with E-state index in [2.05, 4.69) is 55.5 Å². The van der Waals surface area contributed by atoms with Crippen LogP contribution in [0.2, 0.25) is 0 Å². The molecule has 0 aliphatic heterocycles. The largest absolute Gasteiger partial charge is 0.494 e. The van der Waals surface area contributed by atoms with E-state index in [1.54, 1.807) is 0 Å². The second-order valence-corrected chi connectivity index (χ2v) is 8.70. The van der Waals surface area contributed by atoms with Gasteiger partial charge in [0.05, 0.1) is 6.61 Å². The van der Waals surface area contributed by atoms with E-state index in [1.807, 2.05) is 0 Å². The van der Waals surface area contributed by atoms with Crippen LogP contribution in [0.5, 0.6) is 5.75 Å². The highest BCUT2D eigenvalue weighted by atomic mass is 35.5. The van der Waals surface area contributed by atoms with Gasteiger partial charge in [-0.3, -0.25) is 0 Å². The zero-order valence-electron chi connectivity index (χ0n) is 17.3. The summed E-state index contributed by atoms with van der Waals surface area (Å²) >= 11 is 5.90. The molecule has 152 valence electrons. The maximum atomic E-state index is 5.90. The van der Waals surface area contributed by atoms with E-state index in [9.17, 15) is 0 Å². The van der Waals surface area contributed by atoms with E-state index < -0.39 is 0 Å². The van der Waals surface area contributed by atoms with Gasteiger partial charge in [-0.1, -0.05) is 75.4 Å². The smallest absolute Gasteiger partial charge is 0.119 e. The molecule has 1 aliphatic rings. The quantitative estimate of drug-likeness (QED) is 0.292. The number of alkyl halides is 1. The molecular weight excluding hydrogens is 364 g/mol. The fourth-order valence-corrected chi connectivity index (χ4v) is 4.58. The van der Waals surface area contributed by atoms with Crippen LogP contribution in [0.1, 0.15) is 63.9 Å². The Labute approximate surface area is 176 Å². The zero-order chi connectivity index (χ0) is 19.6. The first-order chi connectivity index (χ1) is 13.8. The third-order valence-electron chi connectivity index (χ3n) is 6.23. The Kier molecular flexibility index (Phi) is 8.73. The molecule has 0 unspecified atom stereocenters. The van der Waals surface area contributed by atoms with Crippen LogP contribution in [-0.2, 0) is 6.42 Å². The van der Waals surface area contributed by atoms with Gasteiger partial charge in [0.15, 0.2) is 0 Å². The molecule has 28 heavy (non-hydrogen) atoms. The average molecular weight is 399 g/mol. The third-order valence-corrected chi connectivity index (χ3v) is 6.45. The van der Waals surface area contributed by atoms with Crippen molar-refractivity contribution in [2.24, 2.45) is 11.8 Å². The van der Waals surface area contributed by atoms with Gasteiger partial charge in [-0.25, -0.2) is 0 Å². The monoisotopic (exact) mass is 398 g/mol. The van der Waals surface area contributed by atoms with Crippen LogP contribution in [0, 0.1) is 11.8 Å². The summed E-state index contributed by atoms with van der Waals surface area (Å²) in [5, 5.41) is 0. The number of ether oxygens (including phenoxy) is 1. The lowest BCUT2D eigenvalue weighted by atomic mass is 9.78. The van der Waals surface area contributed by atoms with Gasteiger partial charge in [-0.05, 0) is 66.3 Å². The highest BCUT2D eigenvalue weighted by molar-refractivity contribution is 6.17. The van der Waals surface area contributed by atoms with Crippen molar-refractivity contribution < 1.29 is 4.74 Å². The molecular formula is C26H35ClO. The summed E-state index contributed by atoms with van der Waals surface area (Å²) in [6.07, 6.45) is 11.6. The number of hydrogen-bond acceptors (Lipinski definition) is 1. The number of benzene rings is 2. The fourth-order valence-electron chi connectivity index (χ4n) is 4.28. The van der Waals surface area contributed by atoms with Crippen molar-refractivity contribution in [1.29, 1.82) is 0 Å². The van der Waals surface area contributed by atoms with E-state index in [0.29, 0.717) is 0 Å². The first kappa shape index (κ1) is 21.2. The summed E-state index contributed by atoms with van der Waals surface area (Å²) in [5.41, 5.74) is 4.00. The Hall–Kier alpha value is -1.47. The molecule has 0 aromatic heterocycles. The van der Waals surface area contributed by atoms with E-state index in [1.165, 1.54) is 68.1 Å². The van der Waals surface area contributed by atoms with Gasteiger partial charge < -0.3 is 4.74 Å². The lowest BCUT2D eigenvalue weighted by molar-refractivity contribution is 0.259. The van der Waals surface area contributed by atoms with Gasteiger partial charge in [0.25, 0.3) is 0 Å². The van der Waals surface area contributed by atoms with Crippen molar-refractivity contribution in [2.75, 3.05) is 12.5 Å². The van der Waals surface area contributed by atoms with E-state index in [0.717, 1.165) is 36.5 Å². The molecule has 0 bridgehead atoms. The molecule has 0 amide bonds. The van der Waals surface area contributed by atoms with E-state index in [-0.39, 0.29) is 0 Å². The predicted octanol–water partition coefficient (Wildman–Crippen LogP) is 7.90. The minimum Gasteiger partial charge on any atom is -0.494 e. The summed E-state index contributed by atoms with van der Waals surface area (Å²) in [6.45, 7) is 2.99. The molecule has 0 radical (unpaired) electrons. The second kappa shape index (κ2) is 11.5. The summed E-state index contributed by atoms with van der Waals surface area (Å²) in [5.74, 6) is 3.59. The molecule has 1 aliphatic carbocycles. The molecule has 0 saturated heterocycles. The maximum Gasteiger partial charge on any atom is 0.119 e. The van der Waals surface area contributed by atoms with Crippen LogP contribution >= 0.6 is 11.6 Å². The Morgan fingerprint density at radius 3 is 1.96 bits per heavy atom. The molecule has 2 aromatic rings. The summed E-state index contributed by atoms with van der Waals surface area (Å²) < 4.78 is 5.76. The van der Waals surface area contributed by atoms with Gasteiger partial charge in [0, 0.05) is 5.88 Å². The second-order valence-electron chi connectivity index (χ2n) is 8.33. The average Bonchev–Trinajstić information content (AvgIpc) is 2.75. The van der Waals surface area contributed by atoms with Crippen molar-refractivity contribution in [3.05, 3.63) is 54.1 Å². The van der Waals surface area contributed by atoms with Crippen molar-refractivity contribution in [3.63, 3.8) is 0 Å². The first-order valence-electron chi connectivity index (χ1n) is 11.2. The molecule has 1 fully saturated rings. The van der Waals surface area contributed by atoms with Crippen LogP contribution in [0.3, 0.4) is 0 Å². The predicted molar refractivity (Wildman–Crippen MR) is 121 cm³/mol. The summed E-state index contributed by atoms with van der Waals surface area (Å²) in [6, 6.07) is 17.6. The standard InChI is InChI=1S/C26H35ClO/c1-2-3-20-28-26-16-14-25(15-17-26)24-12-10-22(11-13-24)5-4-21-6-8-23(9-7-21)18-19-27/h10-17,21,23H,2-9,18-20H2,1H3. The van der Waals surface area contributed by atoms with Gasteiger partial charge in [0.2, 0.25) is 0 Å². The molecule has 1 saturated carbocycles. The summed E-state index contributed by atoms with van der Waals surface area (Å²) in [7, 11) is 0. The van der Waals surface area contributed by atoms with Crippen molar-refractivity contribution in [1.82, 2.24) is 0 Å². The maximum absolute atomic E-state index is 5.90. The molecule has 0 heterocycles. The van der Waals surface area contributed by atoms with Gasteiger partial charge in [0.1, 0.15) is 5.75 Å². The van der Waals surface area contributed by atoms with E-state index >= 15 is 0 Å². The Morgan fingerprint density at radius 1 is 0.821 bits per heavy atom. The molecule has 0 N–H and O–H groups in total. The molecule has 0 spiro atoms. The van der Waals surface area contributed by atoms with Crippen LogP contribution in [0.15, 0.2) is 48.5 Å². The molecule has 1 nitrogen and oxygen atoms in total. The summed E-state index contributed by atoms with van der Waals surface area (Å²) in [4.78, 5) is 0. The van der Waals surface area contributed by atoms with Crippen LogP contribution in [0.25, 0.3) is 11.1 Å². The van der Waals surface area contributed by atoms with E-state index in [4.69, 9.17) is 16.3 Å². The van der Waals surface area contributed by atoms with Gasteiger partial charge in [-0.15, -0.1) is 11.6 Å². The Morgan fingerprint density at radius 2 is 1.39 bits per heavy atom. The Balaban J connectivity index is 1.46. The fraction of sp³-hybridized carbons (Fsp3) is 0.538. The number of aryl methyl sites for hydroxylation is 1. The van der Waals surface area contributed by atoms with Crippen molar-refractivity contribution >= 4 is 11.6 Å². The minimum atomic E-state index is 0.804. The van der Waals surface area contributed by atoms with Gasteiger partial charge >= 0.3 is 0 Å². The number of rotatable bonds is 10. The van der Waals surface area contributed by atoms with Crippen molar-refractivity contribution in [3.8, 4) is 16.9 Å². The third kappa shape index (κ3) is 6.55. The first-order valence-corrected chi connectivity index (χ1v) is 11.7. The van der Waals surface area contributed by atoms with Crippen molar-refractivity contribution in [2.45, 2.75) is 64.7 Å². The SMILES string of the molecule is CCCCOc1ccc(-c2ccc(CCC3CCC(CCCl)CC3)cc2)cc1. The molecule has 2 heteroatoms. The lowest BCUT2D eigenvalue weighted by Crippen LogP contribution is -2.15. The number of unbranched alkanes of at least 4 members (excludes halogenated alkanes) is 1.